The Labute approximate surface area is 209 Å². The summed E-state index contributed by atoms with van der Waals surface area (Å²) in [4.78, 5) is 33.2. The van der Waals surface area contributed by atoms with Gasteiger partial charge in [0.1, 0.15) is 17.8 Å². The number of furan rings is 1. The van der Waals surface area contributed by atoms with E-state index in [9.17, 15) is 14.9 Å². The molecular formula is C23H20ClN5O7. The topological polar surface area (TPSA) is 147 Å². The number of esters is 1. The quantitative estimate of drug-likeness (QED) is 0.151. The van der Waals surface area contributed by atoms with E-state index in [1.165, 1.54) is 23.4 Å². The lowest BCUT2D eigenvalue weighted by molar-refractivity contribution is -0.385. The van der Waals surface area contributed by atoms with Gasteiger partial charge in [0.2, 0.25) is 5.82 Å². The molecule has 12 nitrogen and oxygen atoms in total. The number of anilines is 1. The predicted octanol–water partition coefficient (Wildman–Crippen LogP) is 5.04. The Kier molecular flexibility index (Phi) is 7.75. The van der Waals surface area contributed by atoms with Gasteiger partial charge in [-0.05, 0) is 37.3 Å². The van der Waals surface area contributed by atoms with Crippen LogP contribution < -0.4 is 9.64 Å². The summed E-state index contributed by atoms with van der Waals surface area (Å²) in [5, 5.41) is 16.3. The number of rotatable bonds is 11. The molecule has 0 aliphatic rings. The molecule has 0 atom stereocenters. The molecule has 0 saturated heterocycles. The molecular weight excluding hydrogens is 494 g/mol. The summed E-state index contributed by atoms with van der Waals surface area (Å²) >= 11 is 6.13. The highest BCUT2D eigenvalue weighted by molar-refractivity contribution is 6.30. The standard InChI is InChI=1S/C23H20ClN5O7/c1-2-33-20(30)8-10-28(13-16-4-3-11-34-16)22-21(29(31)32)23(26-14-25-22)35-18-6-5-15(24)12-17(18)19-7-9-27-36-19/h3-7,9,11-12,14H,2,8,10,13H2,1H3. The highest BCUT2D eigenvalue weighted by Gasteiger charge is 2.30. The molecule has 0 unspecified atom stereocenters. The Morgan fingerprint density at radius 1 is 1.25 bits per heavy atom. The monoisotopic (exact) mass is 513 g/mol. The van der Waals surface area contributed by atoms with Crippen LogP contribution >= 0.6 is 11.6 Å². The lowest BCUT2D eigenvalue weighted by atomic mass is 10.1. The minimum Gasteiger partial charge on any atom is -0.467 e. The van der Waals surface area contributed by atoms with E-state index in [-0.39, 0.29) is 43.6 Å². The number of carbonyl (C=O) groups is 1. The van der Waals surface area contributed by atoms with Gasteiger partial charge in [0.05, 0.1) is 42.5 Å². The van der Waals surface area contributed by atoms with Gasteiger partial charge in [-0.2, -0.15) is 4.98 Å². The fourth-order valence-corrected chi connectivity index (χ4v) is 3.54. The molecule has 0 radical (unpaired) electrons. The van der Waals surface area contributed by atoms with Crippen LogP contribution in [-0.2, 0) is 16.1 Å². The van der Waals surface area contributed by atoms with Crippen LogP contribution in [0.4, 0.5) is 11.5 Å². The molecule has 4 rings (SSSR count). The van der Waals surface area contributed by atoms with Crippen LogP contribution in [0.15, 0.2) is 64.1 Å². The van der Waals surface area contributed by atoms with Crippen molar-refractivity contribution in [1.82, 2.24) is 15.1 Å². The van der Waals surface area contributed by atoms with E-state index < -0.39 is 16.6 Å². The van der Waals surface area contributed by atoms with Gasteiger partial charge in [-0.3, -0.25) is 14.9 Å². The van der Waals surface area contributed by atoms with Crippen molar-refractivity contribution >= 4 is 29.1 Å². The molecule has 3 aromatic heterocycles. The van der Waals surface area contributed by atoms with Gasteiger partial charge in [-0.1, -0.05) is 16.8 Å². The number of carbonyl (C=O) groups excluding carboxylic acids is 1. The molecule has 0 spiro atoms. The van der Waals surface area contributed by atoms with Gasteiger partial charge in [-0.15, -0.1) is 0 Å². The summed E-state index contributed by atoms with van der Waals surface area (Å²) in [7, 11) is 0. The van der Waals surface area contributed by atoms with E-state index in [4.69, 9.17) is 30.0 Å². The first-order valence-electron chi connectivity index (χ1n) is 10.8. The molecule has 186 valence electrons. The zero-order valence-corrected chi connectivity index (χ0v) is 19.8. The molecule has 3 heterocycles. The third kappa shape index (κ3) is 5.78. The van der Waals surface area contributed by atoms with Crippen molar-refractivity contribution in [3.05, 3.63) is 76.1 Å². The minimum atomic E-state index is -0.645. The average molecular weight is 514 g/mol. The van der Waals surface area contributed by atoms with Crippen LogP contribution in [0.1, 0.15) is 19.1 Å². The first-order valence-corrected chi connectivity index (χ1v) is 11.1. The van der Waals surface area contributed by atoms with Crippen LogP contribution in [-0.4, -0.2) is 39.2 Å². The molecule has 0 saturated carbocycles. The third-order valence-corrected chi connectivity index (χ3v) is 5.16. The van der Waals surface area contributed by atoms with Crippen LogP contribution in [0, 0.1) is 10.1 Å². The van der Waals surface area contributed by atoms with Gasteiger partial charge >= 0.3 is 17.5 Å². The molecule has 36 heavy (non-hydrogen) atoms. The highest BCUT2D eigenvalue weighted by Crippen LogP contribution is 2.40. The molecule has 0 bridgehead atoms. The number of halogens is 1. The maximum atomic E-state index is 12.2. The molecule has 0 fully saturated rings. The molecule has 0 aliphatic heterocycles. The Hall–Kier alpha value is -4.45. The van der Waals surface area contributed by atoms with Crippen molar-refractivity contribution in [2.75, 3.05) is 18.1 Å². The summed E-state index contributed by atoms with van der Waals surface area (Å²) in [6, 6.07) is 9.67. The van der Waals surface area contributed by atoms with Crippen LogP contribution in [0.3, 0.4) is 0 Å². The van der Waals surface area contributed by atoms with Crippen LogP contribution in [0.2, 0.25) is 5.02 Å². The second-order valence-electron chi connectivity index (χ2n) is 7.28. The number of benzene rings is 1. The maximum Gasteiger partial charge on any atom is 0.373 e. The van der Waals surface area contributed by atoms with E-state index in [0.717, 1.165) is 6.33 Å². The molecule has 4 aromatic rings. The lowest BCUT2D eigenvalue weighted by Gasteiger charge is -2.22. The number of ether oxygens (including phenoxy) is 2. The fourth-order valence-electron chi connectivity index (χ4n) is 3.37. The zero-order valence-electron chi connectivity index (χ0n) is 19.0. The highest BCUT2D eigenvalue weighted by atomic mass is 35.5. The third-order valence-electron chi connectivity index (χ3n) is 4.92. The van der Waals surface area contributed by atoms with Gasteiger partial charge < -0.3 is 23.3 Å². The van der Waals surface area contributed by atoms with Crippen molar-refractivity contribution in [2.45, 2.75) is 19.9 Å². The number of aromatic nitrogens is 3. The SMILES string of the molecule is CCOC(=O)CCN(Cc1ccco1)c1ncnc(Oc2ccc(Cl)cc2-c2ccno2)c1[N+](=O)[O-]. The Bertz CT molecular complexity index is 1330. The fraction of sp³-hybridized carbons (Fsp3) is 0.217. The predicted molar refractivity (Wildman–Crippen MR) is 127 cm³/mol. The van der Waals surface area contributed by atoms with Crippen LogP contribution in [0.25, 0.3) is 11.3 Å². The molecule has 0 N–H and O–H groups in total. The summed E-state index contributed by atoms with van der Waals surface area (Å²) in [5.74, 6) is 0.244. The summed E-state index contributed by atoms with van der Waals surface area (Å²) in [5.41, 5.74) is -0.0735. The maximum absolute atomic E-state index is 12.2. The Morgan fingerprint density at radius 2 is 2.11 bits per heavy atom. The summed E-state index contributed by atoms with van der Waals surface area (Å²) in [6.45, 7) is 2.09. The second-order valence-corrected chi connectivity index (χ2v) is 7.72. The van der Waals surface area contributed by atoms with Crippen molar-refractivity contribution in [3.8, 4) is 23.0 Å². The number of nitrogens with zero attached hydrogens (tertiary/aromatic N) is 5. The molecule has 0 aliphatic carbocycles. The normalized spacial score (nSPS) is 10.7. The number of hydrogen-bond acceptors (Lipinski definition) is 11. The molecule has 13 heteroatoms. The van der Waals surface area contributed by atoms with E-state index >= 15 is 0 Å². The minimum absolute atomic E-state index is 0.0290. The second kappa shape index (κ2) is 11.3. The zero-order chi connectivity index (χ0) is 25.5. The van der Waals surface area contributed by atoms with Crippen molar-refractivity contribution < 1.29 is 28.1 Å². The Balaban J connectivity index is 1.72. The lowest BCUT2D eigenvalue weighted by Crippen LogP contribution is -2.28. The van der Waals surface area contributed by atoms with Gasteiger partial charge in [0.15, 0.2) is 5.76 Å². The number of nitro groups is 1. The van der Waals surface area contributed by atoms with Crippen molar-refractivity contribution in [1.29, 1.82) is 0 Å². The van der Waals surface area contributed by atoms with E-state index in [1.807, 2.05) is 0 Å². The van der Waals surface area contributed by atoms with Crippen molar-refractivity contribution in [2.24, 2.45) is 0 Å². The molecule has 1 aromatic carbocycles. The van der Waals surface area contributed by atoms with Crippen molar-refractivity contribution in [3.63, 3.8) is 0 Å². The van der Waals surface area contributed by atoms with Gasteiger partial charge in [0, 0.05) is 17.6 Å². The largest absolute Gasteiger partial charge is 0.467 e. The molecule has 0 amide bonds. The van der Waals surface area contributed by atoms with Gasteiger partial charge in [0.25, 0.3) is 0 Å². The van der Waals surface area contributed by atoms with E-state index in [0.29, 0.717) is 22.1 Å². The van der Waals surface area contributed by atoms with E-state index in [1.54, 1.807) is 37.3 Å². The average Bonchev–Trinajstić information content (AvgIpc) is 3.57. The van der Waals surface area contributed by atoms with E-state index in [2.05, 4.69) is 15.1 Å². The van der Waals surface area contributed by atoms with Gasteiger partial charge in [-0.25, -0.2) is 4.98 Å². The summed E-state index contributed by atoms with van der Waals surface area (Å²) in [6.07, 6.45) is 4.04. The Morgan fingerprint density at radius 3 is 2.81 bits per heavy atom. The first-order chi connectivity index (χ1) is 17.5. The first kappa shape index (κ1) is 24.7. The smallest absolute Gasteiger partial charge is 0.373 e. The summed E-state index contributed by atoms with van der Waals surface area (Å²) < 4.78 is 21.5. The number of hydrogen-bond donors (Lipinski definition) is 0. The van der Waals surface area contributed by atoms with Crippen LogP contribution in [0.5, 0.6) is 11.6 Å².